The van der Waals surface area contributed by atoms with Crippen LogP contribution in [0.5, 0.6) is 5.75 Å². The number of carboxylic acid groups (broad SMARTS) is 1. The van der Waals surface area contributed by atoms with Crippen LogP contribution in [0.2, 0.25) is 0 Å². The summed E-state index contributed by atoms with van der Waals surface area (Å²) in [6, 6.07) is 13.5. The molecule has 0 unspecified atom stereocenters. The van der Waals surface area contributed by atoms with Crippen molar-refractivity contribution in [2.24, 2.45) is 0 Å². The van der Waals surface area contributed by atoms with Gasteiger partial charge >= 0.3 is 11.9 Å². The minimum absolute atomic E-state index is 0.119. The van der Waals surface area contributed by atoms with Crippen molar-refractivity contribution in [1.29, 1.82) is 0 Å². The predicted molar refractivity (Wildman–Crippen MR) is 112 cm³/mol. The summed E-state index contributed by atoms with van der Waals surface area (Å²) in [5.41, 5.74) is 1.84. The zero-order valence-electron chi connectivity index (χ0n) is 16.0. The Bertz CT molecular complexity index is 1030. The lowest BCUT2D eigenvalue weighted by atomic mass is 10.1. The van der Waals surface area contributed by atoms with Crippen LogP contribution in [0, 0.1) is 0 Å². The van der Waals surface area contributed by atoms with E-state index in [1.54, 1.807) is 42.5 Å². The molecule has 2 N–H and O–H groups in total. The molecule has 30 heavy (non-hydrogen) atoms. The summed E-state index contributed by atoms with van der Waals surface area (Å²) in [5, 5.41) is 11.9. The van der Waals surface area contributed by atoms with E-state index >= 15 is 0 Å². The quantitative estimate of drug-likeness (QED) is 0.394. The molecule has 0 spiro atoms. The summed E-state index contributed by atoms with van der Waals surface area (Å²) in [5.74, 6) is -1.48. The number of amides is 1. The van der Waals surface area contributed by atoms with E-state index in [-0.39, 0.29) is 29.5 Å². The first-order valence-electron chi connectivity index (χ1n) is 8.84. The number of benzene rings is 2. The van der Waals surface area contributed by atoms with Gasteiger partial charge in [-0.1, -0.05) is 30.3 Å². The fraction of sp³-hybridized carbons (Fsp3) is 0.143. The Balaban J connectivity index is 1.75. The van der Waals surface area contributed by atoms with Crippen molar-refractivity contribution in [2.75, 3.05) is 13.7 Å². The summed E-state index contributed by atoms with van der Waals surface area (Å²) in [6.45, 7) is -0.0582. The number of hydrogen-bond donors (Lipinski definition) is 2. The zero-order valence-corrected chi connectivity index (χ0v) is 16.8. The van der Waals surface area contributed by atoms with Crippen LogP contribution < -0.4 is 10.1 Å². The monoisotopic (exact) mass is 426 g/mol. The number of ether oxygens (including phenoxy) is 2. The second-order valence-corrected chi connectivity index (χ2v) is 6.67. The molecule has 2 aromatic rings. The Morgan fingerprint density at radius 2 is 1.87 bits per heavy atom. The smallest absolute Gasteiger partial charge is 0.335 e. The molecule has 9 heteroatoms. The van der Waals surface area contributed by atoms with Gasteiger partial charge in [-0.05, 0) is 42.1 Å². The molecule has 8 nitrogen and oxygen atoms in total. The molecule has 0 aliphatic carbocycles. The summed E-state index contributed by atoms with van der Waals surface area (Å²) >= 11 is 5.13. The normalized spacial score (nSPS) is 14.6. The highest BCUT2D eigenvalue weighted by atomic mass is 32.1. The molecule has 1 aliphatic heterocycles. The lowest BCUT2D eigenvalue weighted by Crippen LogP contribution is -2.35. The molecule has 0 aromatic heterocycles. The number of methoxy groups -OCH3 is 1. The first-order chi connectivity index (χ1) is 14.4. The SMILES string of the molecule is COC(=O)CN1C(=O)/C(=C/c2ccccc2OCc2ccc(C(=O)O)cc2)NC1=S. The van der Waals surface area contributed by atoms with Crippen LogP contribution in [0.15, 0.2) is 54.2 Å². The van der Waals surface area contributed by atoms with Crippen LogP contribution in [0.1, 0.15) is 21.5 Å². The largest absolute Gasteiger partial charge is 0.488 e. The summed E-state index contributed by atoms with van der Waals surface area (Å²) in [6.07, 6.45) is 1.59. The van der Waals surface area contributed by atoms with Gasteiger partial charge in [0, 0.05) is 5.56 Å². The number of hydrogen-bond acceptors (Lipinski definition) is 6. The van der Waals surface area contributed by atoms with Gasteiger partial charge in [-0.15, -0.1) is 0 Å². The number of nitrogens with one attached hydrogen (secondary N) is 1. The maximum absolute atomic E-state index is 12.6. The molecule has 2 aromatic carbocycles. The number of carbonyl (C=O) groups is 3. The van der Waals surface area contributed by atoms with Crippen molar-refractivity contribution in [3.8, 4) is 5.75 Å². The number of carboxylic acids is 1. The van der Waals surface area contributed by atoms with E-state index in [0.717, 1.165) is 10.5 Å². The Labute approximate surface area is 177 Å². The topological polar surface area (TPSA) is 105 Å². The van der Waals surface area contributed by atoms with Gasteiger partial charge in [0.1, 0.15) is 24.6 Å². The molecule has 1 amide bonds. The number of rotatable bonds is 7. The number of nitrogens with zero attached hydrogens (tertiary/aromatic N) is 1. The van der Waals surface area contributed by atoms with Crippen molar-refractivity contribution >= 4 is 41.3 Å². The Morgan fingerprint density at radius 1 is 1.17 bits per heavy atom. The predicted octanol–water partition coefficient (Wildman–Crippen LogP) is 2.19. The van der Waals surface area contributed by atoms with Gasteiger partial charge in [0.25, 0.3) is 5.91 Å². The Kier molecular flexibility index (Phi) is 6.43. The summed E-state index contributed by atoms with van der Waals surface area (Å²) in [4.78, 5) is 36.1. The van der Waals surface area contributed by atoms with Crippen LogP contribution in [0.4, 0.5) is 0 Å². The van der Waals surface area contributed by atoms with E-state index in [4.69, 9.17) is 22.1 Å². The fourth-order valence-corrected chi connectivity index (χ4v) is 2.96. The first-order valence-corrected chi connectivity index (χ1v) is 9.25. The second kappa shape index (κ2) is 9.19. The minimum atomic E-state index is -0.993. The first kappa shape index (κ1) is 21.0. The number of thiocarbonyl (C=S) groups is 1. The number of para-hydroxylation sites is 1. The average molecular weight is 426 g/mol. The zero-order chi connectivity index (χ0) is 21.7. The number of esters is 1. The van der Waals surface area contributed by atoms with Crippen LogP contribution in [-0.2, 0) is 20.9 Å². The highest BCUT2D eigenvalue weighted by Crippen LogP contribution is 2.24. The molecule has 1 heterocycles. The number of carbonyl (C=O) groups excluding carboxylic acids is 2. The summed E-state index contributed by atoms with van der Waals surface area (Å²) < 4.78 is 10.4. The average Bonchev–Trinajstić information content (AvgIpc) is 3.00. The molecule has 154 valence electrons. The van der Waals surface area contributed by atoms with Crippen molar-refractivity contribution in [3.63, 3.8) is 0 Å². The van der Waals surface area contributed by atoms with Gasteiger partial charge in [-0.2, -0.15) is 0 Å². The van der Waals surface area contributed by atoms with Crippen LogP contribution in [0.3, 0.4) is 0 Å². The minimum Gasteiger partial charge on any atom is -0.488 e. The lowest BCUT2D eigenvalue weighted by Gasteiger charge is -2.11. The Morgan fingerprint density at radius 3 is 2.53 bits per heavy atom. The van der Waals surface area contributed by atoms with Crippen molar-refractivity contribution in [1.82, 2.24) is 10.2 Å². The standard InChI is InChI=1S/C21H18N2O6S/c1-28-18(24)11-23-19(25)16(22-21(23)30)10-15-4-2-3-5-17(15)29-12-13-6-8-14(9-7-13)20(26)27/h2-10H,11-12H2,1H3,(H,22,30)(H,26,27)/b16-10-. The molecule has 3 rings (SSSR count). The van der Waals surface area contributed by atoms with Crippen LogP contribution in [0.25, 0.3) is 6.08 Å². The van der Waals surface area contributed by atoms with Gasteiger partial charge in [-0.25, -0.2) is 4.79 Å². The lowest BCUT2D eigenvalue weighted by molar-refractivity contribution is -0.143. The van der Waals surface area contributed by atoms with E-state index in [9.17, 15) is 14.4 Å². The van der Waals surface area contributed by atoms with Crippen molar-refractivity contribution < 1.29 is 29.0 Å². The van der Waals surface area contributed by atoms with Gasteiger partial charge < -0.3 is 19.9 Å². The molecular formula is C21H18N2O6S. The molecule has 1 fully saturated rings. The molecule has 1 aliphatic rings. The number of aromatic carboxylic acids is 1. The van der Waals surface area contributed by atoms with E-state index in [0.29, 0.717) is 11.3 Å². The van der Waals surface area contributed by atoms with E-state index < -0.39 is 17.8 Å². The molecule has 0 radical (unpaired) electrons. The van der Waals surface area contributed by atoms with Gasteiger partial charge in [0.15, 0.2) is 5.11 Å². The maximum atomic E-state index is 12.6. The second-order valence-electron chi connectivity index (χ2n) is 6.28. The fourth-order valence-electron chi connectivity index (χ4n) is 2.70. The third-order valence-corrected chi connectivity index (χ3v) is 4.61. The third-order valence-electron chi connectivity index (χ3n) is 4.29. The van der Waals surface area contributed by atoms with Crippen LogP contribution in [-0.4, -0.2) is 46.6 Å². The Hall–Kier alpha value is -3.72. The molecular weight excluding hydrogens is 408 g/mol. The van der Waals surface area contributed by atoms with Crippen LogP contribution >= 0.6 is 12.2 Å². The van der Waals surface area contributed by atoms with Crippen molar-refractivity contribution in [2.45, 2.75) is 6.61 Å². The van der Waals surface area contributed by atoms with E-state index in [2.05, 4.69) is 10.1 Å². The third kappa shape index (κ3) is 4.81. The summed E-state index contributed by atoms with van der Waals surface area (Å²) in [7, 11) is 1.24. The van der Waals surface area contributed by atoms with E-state index in [1.807, 2.05) is 0 Å². The van der Waals surface area contributed by atoms with Gasteiger partial charge in [0.2, 0.25) is 0 Å². The van der Waals surface area contributed by atoms with Crippen molar-refractivity contribution in [3.05, 3.63) is 70.9 Å². The molecule has 1 saturated heterocycles. The highest BCUT2D eigenvalue weighted by molar-refractivity contribution is 7.80. The highest BCUT2D eigenvalue weighted by Gasteiger charge is 2.32. The molecule has 0 saturated carbocycles. The molecule has 0 bridgehead atoms. The van der Waals surface area contributed by atoms with E-state index in [1.165, 1.54) is 19.2 Å². The maximum Gasteiger partial charge on any atom is 0.335 e. The molecule has 0 atom stereocenters. The van der Waals surface area contributed by atoms with Gasteiger partial charge in [0.05, 0.1) is 12.7 Å². The van der Waals surface area contributed by atoms with Gasteiger partial charge in [-0.3, -0.25) is 14.5 Å².